The standard InChI is InChI=1S/C15H19F3N2O4S/c1-10-7-20(8-11(2)24-10)25(22,23)13-5-3-12(4-6-13)14(21)19-9-15(16,17)18/h3-6,10-11H,7-9H2,1-2H3,(H,19,21). The van der Waals surface area contributed by atoms with Gasteiger partial charge in [-0.05, 0) is 38.1 Å². The number of halogens is 3. The molecule has 0 bridgehead atoms. The number of carbonyl (C=O) groups is 1. The van der Waals surface area contributed by atoms with Gasteiger partial charge in [-0.15, -0.1) is 0 Å². The maximum Gasteiger partial charge on any atom is 0.405 e. The predicted octanol–water partition coefficient (Wildman–Crippen LogP) is 1.78. The van der Waals surface area contributed by atoms with Crippen LogP contribution in [-0.4, -0.2) is 56.6 Å². The van der Waals surface area contributed by atoms with Gasteiger partial charge in [-0.2, -0.15) is 17.5 Å². The van der Waals surface area contributed by atoms with Crippen molar-refractivity contribution in [2.45, 2.75) is 37.1 Å². The summed E-state index contributed by atoms with van der Waals surface area (Å²) in [5.74, 6) is -0.921. The SMILES string of the molecule is CC1CN(S(=O)(=O)c2ccc(C(=O)NCC(F)(F)F)cc2)CC(C)O1. The molecule has 1 aliphatic heterocycles. The van der Waals surface area contributed by atoms with E-state index < -0.39 is 28.7 Å². The van der Waals surface area contributed by atoms with Crippen LogP contribution >= 0.6 is 0 Å². The van der Waals surface area contributed by atoms with Crippen molar-refractivity contribution in [2.24, 2.45) is 0 Å². The summed E-state index contributed by atoms with van der Waals surface area (Å²) < 4.78 is 68.4. The molecule has 0 radical (unpaired) electrons. The zero-order valence-corrected chi connectivity index (χ0v) is 14.5. The molecule has 0 saturated carbocycles. The second kappa shape index (κ2) is 7.30. The molecule has 0 aromatic heterocycles. The number of carbonyl (C=O) groups excluding carboxylic acids is 1. The van der Waals surface area contributed by atoms with E-state index in [9.17, 15) is 26.4 Å². The highest BCUT2D eigenvalue weighted by Crippen LogP contribution is 2.21. The van der Waals surface area contributed by atoms with Crippen molar-refractivity contribution >= 4 is 15.9 Å². The second-order valence-corrected chi connectivity index (χ2v) is 7.84. The number of sulfonamides is 1. The van der Waals surface area contributed by atoms with Gasteiger partial charge in [0.25, 0.3) is 5.91 Å². The smallest absolute Gasteiger partial charge is 0.373 e. The third-order valence-electron chi connectivity index (χ3n) is 3.59. The van der Waals surface area contributed by atoms with Gasteiger partial charge >= 0.3 is 6.18 Å². The quantitative estimate of drug-likeness (QED) is 0.864. The Balaban J connectivity index is 2.12. The van der Waals surface area contributed by atoms with Gasteiger partial charge in [-0.1, -0.05) is 0 Å². The molecule has 140 valence electrons. The fourth-order valence-electron chi connectivity index (χ4n) is 2.54. The summed E-state index contributed by atoms with van der Waals surface area (Å²) in [5.41, 5.74) is -0.0492. The summed E-state index contributed by atoms with van der Waals surface area (Å²) in [6, 6.07) is 4.79. The van der Waals surface area contributed by atoms with E-state index in [2.05, 4.69) is 0 Å². The highest BCUT2D eigenvalue weighted by molar-refractivity contribution is 7.89. The lowest BCUT2D eigenvalue weighted by Gasteiger charge is -2.34. The molecule has 1 heterocycles. The first-order chi connectivity index (χ1) is 11.5. The Morgan fingerprint density at radius 2 is 1.72 bits per heavy atom. The van der Waals surface area contributed by atoms with Crippen molar-refractivity contribution in [1.29, 1.82) is 0 Å². The summed E-state index contributed by atoms with van der Waals surface area (Å²) in [5, 5.41) is 1.73. The van der Waals surface area contributed by atoms with E-state index in [-0.39, 0.29) is 35.8 Å². The molecule has 0 spiro atoms. The Hall–Kier alpha value is -1.65. The average molecular weight is 380 g/mol. The second-order valence-electron chi connectivity index (χ2n) is 5.90. The van der Waals surface area contributed by atoms with Gasteiger partial charge in [-0.25, -0.2) is 8.42 Å². The zero-order valence-electron chi connectivity index (χ0n) is 13.7. The Morgan fingerprint density at radius 3 is 2.20 bits per heavy atom. The van der Waals surface area contributed by atoms with Crippen LogP contribution in [0.25, 0.3) is 0 Å². The first kappa shape index (κ1) is 19.7. The maximum atomic E-state index is 12.6. The van der Waals surface area contributed by atoms with Crippen LogP contribution in [-0.2, 0) is 14.8 Å². The number of ether oxygens (including phenoxy) is 1. The van der Waals surface area contributed by atoms with Crippen molar-refractivity contribution in [3.8, 4) is 0 Å². The summed E-state index contributed by atoms with van der Waals surface area (Å²) in [4.78, 5) is 11.6. The van der Waals surface area contributed by atoms with Gasteiger partial charge in [0.1, 0.15) is 6.54 Å². The van der Waals surface area contributed by atoms with Crippen LogP contribution in [0.15, 0.2) is 29.2 Å². The van der Waals surface area contributed by atoms with Crippen LogP contribution in [0.2, 0.25) is 0 Å². The predicted molar refractivity (Wildman–Crippen MR) is 83.6 cm³/mol. The number of rotatable bonds is 4. The molecular formula is C15H19F3N2O4S. The molecular weight excluding hydrogens is 361 g/mol. The lowest BCUT2D eigenvalue weighted by Crippen LogP contribution is -2.48. The molecule has 1 N–H and O–H groups in total. The molecule has 2 unspecified atom stereocenters. The monoisotopic (exact) mass is 380 g/mol. The number of nitrogens with one attached hydrogen (secondary N) is 1. The van der Waals surface area contributed by atoms with E-state index >= 15 is 0 Å². The molecule has 1 saturated heterocycles. The summed E-state index contributed by atoms with van der Waals surface area (Å²) in [6.07, 6.45) is -5.00. The third kappa shape index (κ3) is 5.16. The van der Waals surface area contributed by atoms with Crippen LogP contribution in [0.4, 0.5) is 13.2 Å². The van der Waals surface area contributed by atoms with E-state index in [1.165, 1.54) is 28.6 Å². The summed E-state index contributed by atoms with van der Waals surface area (Å²) in [7, 11) is -3.76. The van der Waals surface area contributed by atoms with E-state index in [4.69, 9.17) is 4.74 Å². The van der Waals surface area contributed by atoms with Crippen molar-refractivity contribution in [3.05, 3.63) is 29.8 Å². The molecule has 1 fully saturated rings. The molecule has 25 heavy (non-hydrogen) atoms. The lowest BCUT2D eigenvalue weighted by atomic mass is 10.2. The minimum Gasteiger partial charge on any atom is -0.373 e. The highest BCUT2D eigenvalue weighted by Gasteiger charge is 2.32. The normalized spacial score (nSPS) is 22.6. The third-order valence-corrected chi connectivity index (χ3v) is 5.44. The first-order valence-corrected chi connectivity index (χ1v) is 9.03. The highest BCUT2D eigenvalue weighted by atomic mass is 32.2. The van der Waals surface area contributed by atoms with Crippen LogP contribution in [0.5, 0.6) is 0 Å². The van der Waals surface area contributed by atoms with Crippen LogP contribution in [0.1, 0.15) is 24.2 Å². The number of nitrogens with zero attached hydrogens (tertiary/aromatic N) is 1. The fraction of sp³-hybridized carbons (Fsp3) is 0.533. The van der Waals surface area contributed by atoms with Crippen LogP contribution < -0.4 is 5.32 Å². The maximum absolute atomic E-state index is 12.6. The topological polar surface area (TPSA) is 75.7 Å². The molecule has 6 nitrogen and oxygen atoms in total. The first-order valence-electron chi connectivity index (χ1n) is 7.59. The van der Waals surface area contributed by atoms with E-state index in [1.807, 2.05) is 0 Å². The minimum atomic E-state index is -4.51. The molecule has 2 atom stereocenters. The van der Waals surface area contributed by atoms with Gasteiger partial charge in [0, 0.05) is 18.7 Å². The summed E-state index contributed by atoms with van der Waals surface area (Å²) >= 11 is 0. The van der Waals surface area contributed by atoms with Gasteiger partial charge in [0.2, 0.25) is 10.0 Å². The van der Waals surface area contributed by atoms with E-state index in [0.717, 1.165) is 0 Å². The Morgan fingerprint density at radius 1 is 1.20 bits per heavy atom. The fourth-order valence-corrected chi connectivity index (χ4v) is 4.13. The summed E-state index contributed by atoms with van der Waals surface area (Å²) in [6.45, 7) is 2.51. The number of alkyl halides is 3. The lowest BCUT2D eigenvalue weighted by molar-refractivity contribution is -0.123. The van der Waals surface area contributed by atoms with Crippen LogP contribution in [0, 0.1) is 0 Å². The molecule has 0 aliphatic carbocycles. The van der Waals surface area contributed by atoms with E-state index in [1.54, 1.807) is 19.2 Å². The van der Waals surface area contributed by atoms with Gasteiger partial charge in [0.05, 0.1) is 17.1 Å². The molecule has 10 heteroatoms. The van der Waals surface area contributed by atoms with Crippen molar-refractivity contribution in [1.82, 2.24) is 9.62 Å². The number of morpholine rings is 1. The Labute approximate surface area is 144 Å². The van der Waals surface area contributed by atoms with Gasteiger partial charge in [0.15, 0.2) is 0 Å². The molecule has 1 aromatic rings. The molecule has 1 aromatic carbocycles. The van der Waals surface area contributed by atoms with E-state index in [0.29, 0.717) is 0 Å². The number of hydrogen-bond donors (Lipinski definition) is 1. The molecule has 1 amide bonds. The Bertz CT molecular complexity index is 709. The van der Waals surface area contributed by atoms with Crippen molar-refractivity contribution in [2.75, 3.05) is 19.6 Å². The molecule has 1 aliphatic rings. The molecule has 2 rings (SSSR count). The van der Waals surface area contributed by atoms with Crippen molar-refractivity contribution in [3.63, 3.8) is 0 Å². The van der Waals surface area contributed by atoms with Crippen molar-refractivity contribution < 1.29 is 31.1 Å². The zero-order chi connectivity index (χ0) is 18.8. The number of hydrogen-bond acceptors (Lipinski definition) is 4. The van der Waals surface area contributed by atoms with Gasteiger partial charge in [-0.3, -0.25) is 4.79 Å². The Kier molecular flexibility index (Phi) is 5.75. The number of amides is 1. The largest absolute Gasteiger partial charge is 0.405 e. The van der Waals surface area contributed by atoms with Crippen LogP contribution in [0.3, 0.4) is 0 Å². The minimum absolute atomic E-state index is 0.0267. The average Bonchev–Trinajstić information content (AvgIpc) is 2.51. The van der Waals surface area contributed by atoms with Gasteiger partial charge < -0.3 is 10.1 Å². The number of benzene rings is 1.